The maximum atomic E-state index is 12.1. The molecule has 1 heterocycles. The summed E-state index contributed by atoms with van der Waals surface area (Å²) in [5.74, 6) is -0.380. The van der Waals surface area contributed by atoms with Gasteiger partial charge in [-0.25, -0.2) is 0 Å². The molecule has 0 unspecified atom stereocenters. The van der Waals surface area contributed by atoms with E-state index in [0.717, 1.165) is 22.0 Å². The SMILES string of the molecule is Cc1cc(C)c2[nH]c(=O)c(C(=O)NCCOC(C)C)cc2c1. The van der Waals surface area contributed by atoms with Gasteiger partial charge in [0.1, 0.15) is 5.56 Å². The number of rotatable bonds is 5. The Balaban J connectivity index is 2.22. The van der Waals surface area contributed by atoms with Gasteiger partial charge in [-0.1, -0.05) is 11.6 Å². The van der Waals surface area contributed by atoms with Gasteiger partial charge in [0.05, 0.1) is 18.2 Å². The Morgan fingerprint density at radius 2 is 2.00 bits per heavy atom. The molecule has 0 aliphatic heterocycles. The molecule has 1 amide bonds. The van der Waals surface area contributed by atoms with Gasteiger partial charge in [0.2, 0.25) is 0 Å². The summed E-state index contributed by atoms with van der Waals surface area (Å²) < 4.78 is 5.36. The minimum absolute atomic E-state index is 0.118. The molecule has 0 saturated heterocycles. The van der Waals surface area contributed by atoms with E-state index in [1.807, 2.05) is 39.8 Å². The molecule has 0 spiro atoms. The Hall–Kier alpha value is -2.14. The van der Waals surface area contributed by atoms with E-state index in [1.165, 1.54) is 0 Å². The van der Waals surface area contributed by atoms with Crippen LogP contribution in [0.4, 0.5) is 0 Å². The molecule has 0 saturated carbocycles. The number of carbonyl (C=O) groups is 1. The average molecular weight is 302 g/mol. The first kappa shape index (κ1) is 16.2. The van der Waals surface area contributed by atoms with E-state index in [9.17, 15) is 9.59 Å². The number of aryl methyl sites for hydroxylation is 2. The number of benzene rings is 1. The fourth-order valence-corrected chi connectivity index (χ4v) is 2.41. The molecule has 0 fully saturated rings. The fourth-order valence-electron chi connectivity index (χ4n) is 2.41. The molecule has 2 rings (SSSR count). The number of fused-ring (bicyclic) bond motifs is 1. The monoisotopic (exact) mass is 302 g/mol. The number of amides is 1. The van der Waals surface area contributed by atoms with E-state index in [1.54, 1.807) is 6.07 Å². The Morgan fingerprint density at radius 1 is 1.27 bits per heavy atom. The van der Waals surface area contributed by atoms with Gasteiger partial charge in [0.15, 0.2) is 0 Å². The van der Waals surface area contributed by atoms with Gasteiger partial charge >= 0.3 is 0 Å². The van der Waals surface area contributed by atoms with Crippen molar-refractivity contribution in [2.45, 2.75) is 33.8 Å². The van der Waals surface area contributed by atoms with Crippen LogP contribution in [0.25, 0.3) is 10.9 Å². The largest absolute Gasteiger partial charge is 0.377 e. The standard InChI is InChI=1S/C17H22N2O3/c1-10(2)22-6-5-18-16(20)14-9-13-8-11(3)7-12(4)15(13)19-17(14)21/h7-10H,5-6H2,1-4H3,(H,18,20)(H,19,21). The van der Waals surface area contributed by atoms with Gasteiger partial charge < -0.3 is 15.0 Å². The van der Waals surface area contributed by atoms with E-state index in [2.05, 4.69) is 10.3 Å². The highest BCUT2D eigenvalue weighted by atomic mass is 16.5. The molecule has 0 aliphatic carbocycles. The minimum Gasteiger partial charge on any atom is -0.377 e. The molecule has 0 atom stereocenters. The molecule has 2 aromatic rings. The maximum Gasteiger partial charge on any atom is 0.261 e. The van der Waals surface area contributed by atoms with Crippen molar-refractivity contribution in [3.8, 4) is 0 Å². The molecule has 1 aromatic carbocycles. The molecule has 1 aromatic heterocycles. The van der Waals surface area contributed by atoms with Gasteiger partial charge in [0, 0.05) is 6.54 Å². The molecule has 0 radical (unpaired) electrons. The molecular formula is C17H22N2O3. The van der Waals surface area contributed by atoms with E-state index >= 15 is 0 Å². The third-order valence-corrected chi connectivity index (χ3v) is 3.38. The van der Waals surface area contributed by atoms with Crippen LogP contribution >= 0.6 is 0 Å². The zero-order chi connectivity index (χ0) is 16.3. The number of hydrogen-bond donors (Lipinski definition) is 2. The van der Waals surface area contributed by atoms with Gasteiger partial charge in [-0.05, 0) is 50.8 Å². The predicted molar refractivity (Wildman–Crippen MR) is 87.5 cm³/mol. The van der Waals surface area contributed by atoms with Crippen LogP contribution in [-0.2, 0) is 4.74 Å². The molecule has 0 aliphatic rings. The number of nitrogens with one attached hydrogen (secondary N) is 2. The zero-order valence-corrected chi connectivity index (χ0v) is 13.4. The Kier molecular flexibility index (Phi) is 4.98. The number of pyridine rings is 1. The first-order valence-electron chi connectivity index (χ1n) is 7.42. The third kappa shape index (κ3) is 3.74. The third-order valence-electron chi connectivity index (χ3n) is 3.38. The molecule has 2 N–H and O–H groups in total. The Bertz CT molecular complexity index is 747. The molecule has 5 nitrogen and oxygen atoms in total. The lowest BCUT2D eigenvalue weighted by Gasteiger charge is -2.09. The lowest BCUT2D eigenvalue weighted by Crippen LogP contribution is -2.32. The van der Waals surface area contributed by atoms with Crippen molar-refractivity contribution in [1.29, 1.82) is 0 Å². The van der Waals surface area contributed by atoms with Crippen LogP contribution in [0.5, 0.6) is 0 Å². The van der Waals surface area contributed by atoms with Crippen LogP contribution in [0.2, 0.25) is 0 Å². The highest BCUT2D eigenvalue weighted by molar-refractivity contribution is 5.97. The van der Waals surface area contributed by atoms with Crippen LogP contribution in [-0.4, -0.2) is 30.1 Å². The molecule has 0 bridgehead atoms. The second-order valence-corrected chi connectivity index (χ2v) is 5.73. The van der Waals surface area contributed by atoms with Crippen molar-refractivity contribution in [2.75, 3.05) is 13.2 Å². The molecule has 118 valence electrons. The summed E-state index contributed by atoms with van der Waals surface area (Å²) >= 11 is 0. The highest BCUT2D eigenvalue weighted by Gasteiger charge is 2.12. The average Bonchev–Trinajstić information content (AvgIpc) is 2.43. The number of aromatic amines is 1. The van der Waals surface area contributed by atoms with Gasteiger partial charge in [-0.3, -0.25) is 9.59 Å². The second-order valence-electron chi connectivity index (χ2n) is 5.73. The van der Waals surface area contributed by atoms with Crippen molar-refractivity contribution < 1.29 is 9.53 Å². The highest BCUT2D eigenvalue weighted by Crippen LogP contribution is 2.17. The van der Waals surface area contributed by atoms with E-state index in [4.69, 9.17) is 4.74 Å². The quantitative estimate of drug-likeness (QED) is 0.833. The predicted octanol–water partition coefficient (Wildman–Crippen LogP) is 2.30. The van der Waals surface area contributed by atoms with Crippen LogP contribution < -0.4 is 10.9 Å². The summed E-state index contributed by atoms with van der Waals surface area (Å²) in [4.78, 5) is 27.0. The van der Waals surface area contributed by atoms with Crippen LogP contribution in [0, 0.1) is 13.8 Å². The number of aromatic nitrogens is 1. The summed E-state index contributed by atoms with van der Waals surface area (Å²) in [6.07, 6.45) is 0.118. The first-order chi connectivity index (χ1) is 10.4. The Morgan fingerprint density at radius 3 is 2.68 bits per heavy atom. The second kappa shape index (κ2) is 6.75. The zero-order valence-electron chi connectivity index (χ0n) is 13.4. The molecule has 22 heavy (non-hydrogen) atoms. The first-order valence-corrected chi connectivity index (χ1v) is 7.42. The van der Waals surface area contributed by atoms with Gasteiger partial charge in [-0.15, -0.1) is 0 Å². The molecule has 5 heteroatoms. The van der Waals surface area contributed by atoms with Crippen LogP contribution in [0.1, 0.15) is 35.3 Å². The topological polar surface area (TPSA) is 71.2 Å². The van der Waals surface area contributed by atoms with Gasteiger partial charge in [0.25, 0.3) is 11.5 Å². The maximum absolute atomic E-state index is 12.1. The summed E-state index contributed by atoms with van der Waals surface area (Å²) in [5, 5.41) is 3.57. The summed E-state index contributed by atoms with van der Waals surface area (Å²) in [6, 6.07) is 5.60. The Labute approximate surface area is 129 Å². The normalized spacial score (nSPS) is 11.1. The fraction of sp³-hybridized carbons (Fsp3) is 0.412. The van der Waals surface area contributed by atoms with E-state index < -0.39 is 0 Å². The minimum atomic E-state index is -0.380. The summed E-state index contributed by atoms with van der Waals surface area (Å²) in [6.45, 7) is 8.59. The van der Waals surface area contributed by atoms with Crippen molar-refractivity contribution in [1.82, 2.24) is 10.3 Å². The number of carbonyl (C=O) groups excluding carboxylic acids is 1. The smallest absolute Gasteiger partial charge is 0.261 e. The molecular weight excluding hydrogens is 280 g/mol. The number of ether oxygens (including phenoxy) is 1. The van der Waals surface area contributed by atoms with Crippen molar-refractivity contribution in [3.05, 3.63) is 45.2 Å². The number of H-pyrrole nitrogens is 1. The number of hydrogen-bond acceptors (Lipinski definition) is 3. The van der Waals surface area contributed by atoms with Crippen LogP contribution in [0.15, 0.2) is 23.0 Å². The lowest BCUT2D eigenvalue weighted by molar-refractivity contribution is 0.0746. The lowest BCUT2D eigenvalue weighted by atomic mass is 10.1. The van der Waals surface area contributed by atoms with Crippen molar-refractivity contribution >= 4 is 16.8 Å². The van der Waals surface area contributed by atoms with Crippen LogP contribution in [0.3, 0.4) is 0 Å². The van der Waals surface area contributed by atoms with Crippen molar-refractivity contribution in [2.24, 2.45) is 0 Å². The summed E-state index contributed by atoms with van der Waals surface area (Å²) in [7, 11) is 0. The van der Waals surface area contributed by atoms with Crippen molar-refractivity contribution in [3.63, 3.8) is 0 Å². The van der Waals surface area contributed by atoms with E-state index in [0.29, 0.717) is 13.2 Å². The summed E-state index contributed by atoms with van der Waals surface area (Å²) in [5.41, 5.74) is 2.61. The van der Waals surface area contributed by atoms with E-state index in [-0.39, 0.29) is 23.1 Å². The van der Waals surface area contributed by atoms with Gasteiger partial charge in [-0.2, -0.15) is 0 Å².